The molecule has 2 N–H and O–H groups in total. The molecule has 1 amide bonds. The molecule has 6 heteroatoms. The number of para-hydroxylation sites is 1. The van der Waals surface area contributed by atoms with Gasteiger partial charge in [0, 0.05) is 18.7 Å². The summed E-state index contributed by atoms with van der Waals surface area (Å²) in [5.41, 5.74) is 5.83. The number of carbonyl (C=O) groups excluding carboxylic acids is 1. The number of nitrogens with zero attached hydrogens (tertiary/aromatic N) is 2. The maximum absolute atomic E-state index is 12.7. The summed E-state index contributed by atoms with van der Waals surface area (Å²) < 4.78 is 1.72. The number of hydrogen-bond donors (Lipinski definition) is 1. The van der Waals surface area contributed by atoms with Crippen LogP contribution in [0, 0.1) is 0 Å². The number of rotatable bonds is 9. The number of fused-ring (bicyclic) bond motifs is 1. The molecule has 1 heterocycles. The van der Waals surface area contributed by atoms with Crippen molar-refractivity contribution in [2.75, 3.05) is 5.75 Å². The van der Waals surface area contributed by atoms with E-state index < -0.39 is 0 Å². The minimum absolute atomic E-state index is 0.0166. The molecule has 1 aromatic carbocycles. The predicted molar refractivity (Wildman–Crippen MR) is 94.6 cm³/mol. The molecule has 5 nitrogen and oxygen atoms in total. The Bertz CT molecular complexity index is 755. The third kappa shape index (κ3) is 4.69. The van der Waals surface area contributed by atoms with Crippen LogP contribution in [-0.2, 0) is 11.3 Å². The van der Waals surface area contributed by atoms with Gasteiger partial charge < -0.3 is 5.73 Å². The summed E-state index contributed by atoms with van der Waals surface area (Å²) in [4.78, 5) is 28.0. The second kappa shape index (κ2) is 8.53. The zero-order valence-corrected chi connectivity index (χ0v) is 13.8. The second-order valence-corrected chi connectivity index (χ2v) is 6.23. The lowest BCUT2D eigenvalue weighted by atomic mass is 10.2. The van der Waals surface area contributed by atoms with Gasteiger partial charge in [0.1, 0.15) is 0 Å². The Labute approximate surface area is 139 Å². The molecule has 0 unspecified atom stereocenters. The minimum Gasteiger partial charge on any atom is -0.370 e. The number of carbonyl (C=O) groups is 1. The Kier molecular flexibility index (Phi) is 6.40. The molecule has 23 heavy (non-hydrogen) atoms. The molecular formula is C17H21N3O2S. The molecule has 1 aromatic heterocycles. The fourth-order valence-corrected chi connectivity index (χ4v) is 3.09. The van der Waals surface area contributed by atoms with Crippen molar-refractivity contribution in [1.82, 2.24) is 9.55 Å². The average Bonchev–Trinajstić information content (AvgIpc) is 2.54. The van der Waals surface area contributed by atoms with Crippen molar-refractivity contribution in [2.45, 2.75) is 37.4 Å². The van der Waals surface area contributed by atoms with Gasteiger partial charge in [-0.25, -0.2) is 4.98 Å². The number of nitrogens with two attached hydrogens (primary N) is 1. The summed E-state index contributed by atoms with van der Waals surface area (Å²) in [6.45, 7) is 4.31. The van der Waals surface area contributed by atoms with Crippen molar-refractivity contribution in [3.8, 4) is 0 Å². The molecule has 0 atom stereocenters. The quantitative estimate of drug-likeness (QED) is 0.332. The van der Waals surface area contributed by atoms with Crippen molar-refractivity contribution in [2.24, 2.45) is 5.73 Å². The molecule has 2 rings (SSSR count). The van der Waals surface area contributed by atoms with Crippen molar-refractivity contribution in [1.29, 1.82) is 0 Å². The Morgan fingerprint density at radius 2 is 2.09 bits per heavy atom. The predicted octanol–water partition coefficient (Wildman–Crippen LogP) is 2.72. The Morgan fingerprint density at radius 1 is 1.30 bits per heavy atom. The molecule has 0 spiro atoms. The highest BCUT2D eigenvalue weighted by Gasteiger charge is 2.10. The zero-order valence-electron chi connectivity index (χ0n) is 13.0. The maximum atomic E-state index is 12.7. The first-order valence-electron chi connectivity index (χ1n) is 7.65. The van der Waals surface area contributed by atoms with E-state index in [-0.39, 0.29) is 11.5 Å². The van der Waals surface area contributed by atoms with Crippen LogP contribution in [0.15, 0.2) is 46.9 Å². The summed E-state index contributed by atoms with van der Waals surface area (Å²) in [7, 11) is 0. The standard InChI is InChI=1S/C17H21N3O2S/c1-2-12-23-17-19-14-9-6-5-8-13(14)16(22)20(17)11-7-3-4-10-15(18)21/h2,5-6,8-9H,1,3-4,7,10-12H2,(H2,18,21). The second-order valence-electron chi connectivity index (χ2n) is 5.24. The molecule has 0 radical (unpaired) electrons. The molecule has 0 bridgehead atoms. The van der Waals surface area contributed by atoms with Gasteiger partial charge in [-0.05, 0) is 25.0 Å². The first-order chi connectivity index (χ1) is 11.1. The van der Waals surface area contributed by atoms with Gasteiger partial charge in [-0.3, -0.25) is 14.2 Å². The highest BCUT2D eigenvalue weighted by molar-refractivity contribution is 7.99. The third-order valence-corrected chi connectivity index (χ3v) is 4.43. The van der Waals surface area contributed by atoms with Gasteiger partial charge in [0.05, 0.1) is 10.9 Å². The summed E-state index contributed by atoms with van der Waals surface area (Å²) in [6.07, 6.45) is 4.61. The van der Waals surface area contributed by atoms with Crippen LogP contribution in [0.4, 0.5) is 0 Å². The Hall–Kier alpha value is -2.08. The highest BCUT2D eigenvalue weighted by Crippen LogP contribution is 2.18. The Balaban J connectivity index is 2.20. The van der Waals surface area contributed by atoms with E-state index in [2.05, 4.69) is 11.6 Å². The van der Waals surface area contributed by atoms with E-state index in [1.165, 1.54) is 11.8 Å². The SMILES string of the molecule is C=CCSc1nc2ccccc2c(=O)n1CCCCCC(N)=O. The van der Waals surface area contributed by atoms with E-state index in [4.69, 9.17) is 5.73 Å². The summed E-state index contributed by atoms with van der Waals surface area (Å²) >= 11 is 1.50. The molecule has 0 fully saturated rings. The molecular weight excluding hydrogens is 310 g/mol. The van der Waals surface area contributed by atoms with E-state index in [0.29, 0.717) is 34.8 Å². The van der Waals surface area contributed by atoms with E-state index >= 15 is 0 Å². The molecule has 0 saturated heterocycles. The maximum Gasteiger partial charge on any atom is 0.262 e. The van der Waals surface area contributed by atoms with Crippen LogP contribution in [0.3, 0.4) is 0 Å². The van der Waals surface area contributed by atoms with Gasteiger partial charge in [-0.2, -0.15) is 0 Å². The van der Waals surface area contributed by atoms with Gasteiger partial charge in [-0.15, -0.1) is 6.58 Å². The van der Waals surface area contributed by atoms with Crippen molar-refractivity contribution in [3.63, 3.8) is 0 Å². The molecule has 2 aromatic rings. The van der Waals surface area contributed by atoms with Crippen LogP contribution in [0.2, 0.25) is 0 Å². The van der Waals surface area contributed by atoms with Crippen LogP contribution in [-0.4, -0.2) is 21.2 Å². The normalized spacial score (nSPS) is 10.8. The summed E-state index contributed by atoms with van der Waals surface area (Å²) in [6, 6.07) is 7.38. The van der Waals surface area contributed by atoms with Gasteiger partial charge in [0.2, 0.25) is 5.91 Å². The molecule has 0 aliphatic heterocycles. The van der Waals surface area contributed by atoms with Crippen LogP contribution in [0.25, 0.3) is 10.9 Å². The number of amides is 1. The third-order valence-electron chi connectivity index (χ3n) is 3.46. The van der Waals surface area contributed by atoms with Crippen LogP contribution >= 0.6 is 11.8 Å². The molecule has 0 aliphatic carbocycles. The minimum atomic E-state index is -0.281. The van der Waals surface area contributed by atoms with Gasteiger partial charge in [0.15, 0.2) is 5.16 Å². The van der Waals surface area contributed by atoms with Crippen LogP contribution < -0.4 is 11.3 Å². The fourth-order valence-electron chi connectivity index (χ4n) is 2.33. The number of unbranched alkanes of at least 4 members (excludes halogenated alkanes) is 2. The lowest BCUT2D eigenvalue weighted by molar-refractivity contribution is -0.118. The van der Waals surface area contributed by atoms with E-state index in [0.717, 1.165) is 19.3 Å². The largest absolute Gasteiger partial charge is 0.370 e. The van der Waals surface area contributed by atoms with Crippen molar-refractivity contribution in [3.05, 3.63) is 47.3 Å². The van der Waals surface area contributed by atoms with Gasteiger partial charge >= 0.3 is 0 Å². The number of benzene rings is 1. The highest BCUT2D eigenvalue weighted by atomic mass is 32.2. The molecule has 122 valence electrons. The van der Waals surface area contributed by atoms with Gasteiger partial charge in [0.25, 0.3) is 5.56 Å². The summed E-state index contributed by atoms with van der Waals surface area (Å²) in [5, 5.41) is 1.34. The lowest BCUT2D eigenvalue weighted by Gasteiger charge is -2.12. The average molecular weight is 331 g/mol. The van der Waals surface area contributed by atoms with E-state index in [1.54, 1.807) is 16.7 Å². The lowest BCUT2D eigenvalue weighted by Crippen LogP contribution is -2.23. The number of thioether (sulfide) groups is 1. The van der Waals surface area contributed by atoms with Gasteiger partial charge in [-0.1, -0.05) is 36.4 Å². The number of hydrogen-bond acceptors (Lipinski definition) is 4. The smallest absolute Gasteiger partial charge is 0.262 e. The van der Waals surface area contributed by atoms with E-state index in [9.17, 15) is 9.59 Å². The van der Waals surface area contributed by atoms with Crippen LogP contribution in [0.5, 0.6) is 0 Å². The first-order valence-corrected chi connectivity index (χ1v) is 8.63. The number of primary amides is 1. The monoisotopic (exact) mass is 331 g/mol. The topological polar surface area (TPSA) is 78.0 Å². The molecule has 0 aliphatic rings. The fraction of sp³-hybridized carbons (Fsp3) is 0.353. The Morgan fingerprint density at radius 3 is 2.83 bits per heavy atom. The van der Waals surface area contributed by atoms with Crippen molar-refractivity contribution < 1.29 is 4.79 Å². The first kappa shape index (κ1) is 17.3. The van der Waals surface area contributed by atoms with E-state index in [1.807, 2.05) is 18.2 Å². The summed E-state index contributed by atoms with van der Waals surface area (Å²) in [5.74, 6) is 0.420. The molecule has 0 saturated carbocycles. The van der Waals surface area contributed by atoms with Crippen LogP contribution in [0.1, 0.15) is 25.7 Å². The zero-order chi connectivity index (χ0) is 16.7. The number of aromatic nitrogens is 2. The van der Waals surface area contributed by atoms with Crippen molar-refractivity contribution >= 4 is 28.6 Å².